The summed E-state index contributed by atoms with van der Waals surface area (Å²) in [6.07, 6.45) is 3.60. The highest BCUT2D eigenvalue weighted by atomic mass is 35.5. The summed E-state index contributed by atoms with van der Waals surface area (Å²) < 4.78 is 5.26. The van der Waals surface area contributed by atoms with Crippen molar-refractivity contribution in [2.75, 3.05) is 0 Å². The van der Waals surface area contributed by atoms with Gasteiger partial charge in [0.25, 0.3) is 5.91 Å². The van der Waals surface area contributed by atoms with Crippen molar-refractivity contribution in [3.05, 3.63) is 58.5 Å². The number of nitrogens with zero attached hydrogens (tertiary/aromatic N) is 1. The number of halogens is 2. The van der Waals surface area contributed by atoms with Crippen LogP contribution in [0.15, 0.2) is 41.0 Å². The minimum absolute atomic E-state index is 0. The summed E-state index contributed by atoms with van der Waals surface area (Å²) in [5, 5.41) is 0.700. The number of hydrogen-bond donors (Lipinski definition) is 1. The predicted octanol–water partition coefficient (Wildman–Crippen LogP) is 3.62. The maximum atomic E-state index is 12.6. The van der Waals surface area contributed by atoms with E-state index in [1.54, 1.807) is 6.07 Å². The summed E-state index contributed by atoms with van der Waals surface area (Å²) in [5.74, 6) is 0.622. The minimum Gasteiger partial charge on any atom is -0.467 e. The Morgan fingerprint density at radius 3 is 2.55 bits per heavy atom. The van der Waals surface area contributed by atoms with E-state index < -0.39 is 0 Å². The molecule has 118 valence electrons. The largest absolute Gasteiger partial charge is 0.467 e. The lowest BCUT2D eigenvalue weighted by Crippen LogP contribution is -2.32. The Balaban J connectivity index is 0.00000176. The molecule has 0 radical (unpaired) electrons. The molecule has 1 amide bonds. The molecular weight excluding hydrogens is 323 g/mol. The molecule has 2 N–H and O–H groups in total. The summed E-state index contributed by atoms with van der Waals surface area (Å²) in [4.78, 5) is 14.5. The Bertz CT molecular complexity index is 636. The molecule has 0 bridgehead atoms. The first-order valence-corrected chi connectivity index (χ1v) is 7.38. The molecule has 1 aliphatic rings. The molecule has 1 saturated carbocycles. The minimum atomic E-state index is -0.00380. The molecule has 22 heavy (non-hydrogen) atoms. The number of carbonyl (C=O) groups excluding carboxylic acids is 1. The van der Waals surface area contributed by atoms with Gasteiger partial charge in [-0.2, -0.15) is 0 Å². The van der Waals surface area contributed by atoms with Crippen molar-refractivity contribution in [1.29, 1.82) is 0 Å². The van der Waals surface area contributed by atoms with Gasteiger partial charge in [0.2, 0.25) is 0 Å². The van der Waals surface area contributed by atoms with Gasteiger partial charge in [-0.25, -0.2) is 0 Å². The Hall–Kier alpha value is -1.49. The number of rotatable bonds is 5. The van der Waals surface area contributed by atoms with E-state index in [1.165, 1.54) is 6.26 Å². The van der Waals surface area contributed by atoms with Crippen LogP contribution in [0.25, 0.3) is 0 Å². The second-order valence-corrected chi connectivity index (χ2v) is 5.73. The molecule has 1 aromatic carbocycles. The molecule has 0 aliphatic heterocycles. The van der Waals surface area contributed by atoms with Crippen molar-refractivity contribution in [3.8, 4) is 0 Å². The SMILES string of the molecule is Cl.NCc1cc(C(=O)N(Cc2ccc(Cl)cc2)C2CC2)co1. The molecule has 0 spiro atoms. The molecule has 0 atom stereocenters. The van der Waals surface area contributed by atoms with Crippen LogP contribution in [0, 0.1) is 0 Å². The number of benzene rings is 1. The summed E-state index contributed by atoms with van der Waals surface area (Å²) in [5.41, 5.74) is 7.16. The van der Waals surface area contributed by atoms with Gasteiger partial charge in [-0.05, 0) is 36.6 Å². The smallest absolute Gasteiger partial charge is 0.257 e. The molecule has 1 aromatic heterocycles. The van der Waals surface area contributed by atoms with Gasteiger partial charge in [0.05, 0.1) is 12.1 Å². The zero-order chi connectivity index (χ0) is 14.8. The lowest BCUT2D eigenvalue weighted by Gasteiger charge is -2.22. The second kappa shape index (κ2) is 7.18. The zero-order valence-corrected chi connectivity index (χ0v) is 13.6. The highest BCUT2D eigenvalue weighted by Gasteiger charge is 2.33. The number of nitrogens with two attached hydrogens (primary N) is 1. The zero-order valence-electron chi connectivity index (χ0n) is 12.0. The molecular formula is C16H18Cl2N2O2. The lowest BCUT2D eigenvalue weighted by atomic mass is 10.2. The average molecular weight is 341 g/mol. The van der Waals surface area contributed by atoms with Crippen LogP contribution >= 0.6 is 24.0 Å². The summed E-state index contributed by atoms with van der Waals surface area (Å²) >= 11 is 5.90. The van der Waals surface area contributed by atoms with E-state index in [2.05, 4.69) is 0 Å². The third-order valence-electron chi connectivity index (χ3n) is 3.62. The highest BCUT2D eigenvalue weighted by Crippen LogP contribution is 2.30. The van der Waals surface area contributed by atoms with Crippen molar-refractivity contribution in [2.45, 2.75) is 32.0 Å². The molecule has 3 rings (SSSR count). The van der Waals surface area contributed by atoms with Crippen molar-refractivity contribution in [3.63, 3.8) is 0 Å². The standard InChI is InChI=1S/C16H17ClN2O2.ClH/c17-13-3-1-11(2-4-13)9-19(14-5-6-14)16(20)12-7-15(8-18)21-10-12;/h1-4,7,10,14H,5-6,8-9,18H2;1H. The first kappa shape index (κ1) is 16.9. The van der Waals surface area contributed by atoms with Gasteiger partial charge < -0.3 is 15.1 Å². The van der Waals surface area contributed by atoms with Crippen molar-refractivity contribution in [2.24, 2.45) is 5.73 Å². The summed E-state index contributed by atoms with van der Waals surface area (Å²) in [7, 11) is 0. The maximum Gasteiger partial charge on any atom is 0.257 e. The first-order valence-electron chi connectivity index (χ1n) is 7.00. The van der Waals surface area contributed by atoms with Crippen LogP contribution in [-0.2, 0) is 13.1 Å². The molecule has 4 nitrogen and oxygen atoms in total. The van der Waals surface area contributed by atoms with Gasteiger partial charge in [-0.1, -0.05) is 23.7 Å². The van der Waals surface area contributed by atoms with Crippen LogP contribution in [0.3, 0.4) is 0 Å². The van der Waals surface area contributed by atoms with Gasteiger partial charge in [0.1, 0.15) is 12.0 Å². The van der Waals surface area contributed by atoms with E-state index in [1.807, 2.05) is 29.2 Å². The fourth-order valence-corrected chi connectivity index (χ4v) is 2.43. The Morgan fingerprint density at radius 1 is 1.32 bits per heavy atom. The van der Waals surface area contributed by atoms with Crippen LogP contribution in [0.5, 0.6) is 0 Å². The van der Waals surface area contributed by atoms with Crippen molar-refractivity contribution in [1.82, 2.24) is 4.90 Å². The third kappa shape index (κ3) is 3.83. The quantitative estimate of drug-likeness (QED) is 0.904. The van der Waals surface area contributed by atoms with Crippen LogP contribution in [0.4, 0.5) is 0 Å². The Labute approximate surface area is 140 Å². The first-order chi connectivity index (χ1) is 10.2. The number of furan rings is 1. The van der Waals surface area contributed by atoms with Crippen molar-refractivity contribution < 1.29 is 9.21 Å². The van der Waals surface area contributed by atoms with Gasteiger partial charge in [-0.3, -0.25) is 4.79 Å². The van der Waals surface area contributed by atoms with Crippen LogP contribution in [0.2, 0.25) is 5.02 Å². The van der Waals surface area contributed by atoms with E-state index in [4.69, 9.17) is 21.8 Å². The third-order valence-corrected chi connectivity index (χ3v) is 3.87. The van der Waals surface area contributed by atoms with E-state index >= 15 is 0 Å². The number of hydrogen-bond acceptors (Lipinski definition) is 3. The van der Waals surface area contributed by atoms with E-state index in [0.29, 0.717) is 35.5 Å². The normalized spacial score (nSPS) is 13.5. The van der Waals surface area contributed by atoms with Gasteiger partial charge >= 0.3 is 0 Å². The molecule has 6 heteroatoms. The molecule has 0 saturated heterocycles. The van der Waals surface area contributed by atoms with Gasteiger partial charge in [-0.15, -0.1) is 12.4 Å². The van der Waals surface area contributed by atoms with Crippen molar-refractivity contribution >= 4 is 29.9 Å². The molecule has 2 aromatic rings. The average Bonchev–Trinajstić information content (AvgIpc) is 3.22. The van der Waals surface area contributed by atoms with Gasteiger partial charge in [0, 0.05) is 17.6 Å². The van der Waals surface area contributed by atoms with E-state index in [0.717, 1.165) is 18.4 Å². The maximum absolute atomic E-state index is 12.6. The lowest BCUT2D eigenvalue weighted by molar-refractivity contribution is 0.0729. The molecule has 1 aliphatic carbocycles. The molecule has 1 heterocycles. The molecule has 1 fully saturated rings. The van der Waals surface area contributed by atoms with E-state index in [-0.39, 0.29) is 18.3 Å². The number of carbonyl (C=O) groups is 1. The van der Waals surface area contributed by atoms with Crippen LogP contribution < -0.4 is 5.73 Å². The Morgan fingerprint density at radius 2 is 2.00 bits per heavy atom. The highest BCUT2D eigenvalue weighted by molar-refractivity contribution is 6.30. The predicted molar refractivity (Wildman–Crippen MR) is 88.2 cm³/mol. The number of amides is 1. The summed E-state index contributed by atoms with van der Waals surface area (Å²) in [6, 6.07) is 9.63. The fourth-order valence-electron chi connectivity index (χ4n) is 2.31. The van der Waals surface area contributed by atoms with Crippen LogP contribution in [0.1, 0.15) is 34.5 Å². The fraction of sp³-hybridized carbons (Fsp3) is 0.312. The molecule has 0 unspecified atom stereocenters. The van der Waals surface area contributed by atoms with Gasteiger partial charge in [0.15, 0.2) is 0 Å². The van der Waals surface area contributed by atoms with Crippen LogP contribution in [-0.4, -0.2) is 16.8 Å². The van der Waals surface area contributed by atoms with E-state index in [9.17, 15) is 4.79 Å². The topological polar surface area (TPSA) is 59.5 Å². The summed E-state index contributed by atoms with van der Waals surface area (Å²) in [6.45, 7) is 0.887. The Kier molecular flexibility index (Phi) is 5.51. The second-order valence-electron chi connectivity index (χ2n) is 5.30. The monoisotopic (exact) mass is 340 g/mol.